The van der Waals surface area contributed by atoms with E-state index in [0.717, 1.165) is 5.92 Å². The van der Waals surface area contributed by atoms with Crippen LogP contribution in [0.15, 0.2) is 24.5 Å². The molecule has 1 N–H and O–H groups in total. The highest BCUT2D eigenvalue weighted by atomic mass is 14.9. The van der Waals surface area contributed by atoms with Crippen LogP contribution in [0.1, 0.15) is 31.2 Å². The normalized spacial score (nSPS) is 20.4. The molecule has 0 bridgehead atoms. The monoisotopic (exact) mass is 190 g/mol. The first-order chi connectivity index (χ1) is 6.83. The van der Waals surface area contributed by atoms with Crippen LogP contribution in [0, 0.1) is 5.92 Å². The lowest BCUT2D eigenvalue weighted by Gasteiger charge is -2.23. The molecule has 1 heterocycles. The maximum Gasteiger partial charge on any atom is 0.0270 e. The average molecular weight is 190 g/mol. The number of pyridine rings is 1. The Morgan fingerprint density at radius 2 is 2.00 bits per heavy atom. The summed E-state index contributed by atoms with van der Waals surface area (Å²) in [5.41, 5.74) is 1.39. The summed E-state index contributed by atoms with van der Waals surface area (Å²) in [6.07, 6.45) is 6.54. The molecule has 2 nitrogen and oxygen atoms in total. The zero-order chi connectivity index (χ0) is 9.97. The molecule has 1 aliphatic rings. The topological polar surface area (TPSA) is 24.9 Å². The van der Waals surface area contributed by atoms with Crippen LogP contribution in [0.4, 0.5) is 0 Å². The lowest BCUT2D eigenvalue weighted by Crippen LogP contribution is -2.32. The van der Waals surface area contributed by atoms with Gasteiger partial charge in [0.2, 0.25) is 0 Å². The summed E-state index contributed by atoms with van der Waals surface area (Å²) >= 11 is 0. The Morgan fingerprint density at radius 3 is 2.50 bits per heavy atom. The Labute approximate surface area is 85.7 Å². The van der Waals surface area contributed by atoms with Gasteiger partial charge in [0.15, 0.2) is 0 Å². The zero-order valence-electron chi connectivity index (χ0n) is 8.90. The highest BCUT2D eigenvalue weighted by Crippen LogP contribution is 2.38. The summed E-state index contributed by atoms with van der Waals surface area (Å²) in [4.78, 5) is 4.05. The minimum atomic E-state index is 0.593. The van der Waals surface area contributed by atoms with Crippen molar-refractivity contribution in [2.75, 3.05) is 7.05 Å². The van der Waals surface area contributed by atoms with Crippen molar-refractivity contribution in [1.29, 1.82) is 0 Å². The maximum atomic E-state index is 4.05. The number of aromatic nitrogens is 1. The van der Waals surface area contributed by atoms with Gasteiger partial charge >= 0.3 is 0 Å². The minimum absolute atomic E-state index is 0.593. The second-order valence-corrected chi connectivity index (χ2v) is 4.22. The molecule has 0 spiro atoms. The van der Waals surface area contributed by atoms with Crippen molar-refractivity contribution < 1.29 is 0 Å². The highest BCUT2D eigenvalue weighted by molar-refractivity contribution is 5.18. The number of nitrogens with one attached hydrogen (secondary N) is 1. The van der Waals surface area contributed by atoms with E-state index >= 15 is 0 Å². The summed E-state index contributed by atoms with van der Waals surface area (Å²) in [6, 6.07) is 4.88. The summed E-state index contributed by atoms with van der Waals surface area (Å²) in [5.74, 6) is 1.48. The van der Waals surface area contributed by atoms with Crippen LogP contribution in [-0.4, -0.2) is 18.1 Å². The van der Waals surface area contributed by atoms with Gasteiger partial charge in [0.1, 0.15) is 0 Å². The molecule has 2 atom stereocenters. The first kappa shape index (κ1) is 9.66. The first-order valence-corrected chi connectivity index (χ1v) is 5.40. The molecule has 1 aromatic heterocycles. The highest BCUT2D eigenvalue weighted by Gasteiger charge is 2.33. The fourth-order valence-corrected chi connectivity index (χ4v) is 2.22. The van der Waals surface area contributed by atoms with Crippen LogP contribution < -0.4 is 5.32 Å². The molecule has 1 saturated carbocycles. The molecule has 0 saturated heterocycles. The van der Waals surface area contributed by atoms with Crippen LogP contribution in [0.25, 0.3) is 0 Å². The van der Waals surface area contributed by atoms with Crippen molar-refractivity contribution in [3.05, 3.63) is 30.1 Å². The molecular formula is C12H18N2. The van der Waals surface area contributed by atoms with E-state index < -0.39 is 0 Å². The van der Waals surface area contributed by atoms with E-state index in [0.29, 0.717) is 12.0 Å². The molecule has 1 aromatic rings. The quantitative estimate of drug-likeness (QED) is 0.787. The Morgan fingerprint density at radius 1 is 1.36 bits per heavy atom. The van der Waals surface area contributed by atoms with Crippen LogP contribution in [-0.2, 0) is 0 Å². The molecule has 1 fully saturated rings. The van der Waals surface area contributed by atoms with Gasteiger partial charge in [-0.2, -0.15) is 0 Å². The number of nitrogens with zero attached hydrogens (tertiary/aromatic N) is 1. The first-order valence-electron chi connectivity index (χ1n) is 5.40. The molecular weight excluding hydrogens is 172 g/mol. The summed E-state index contributed by atoms with van der Waals surface area (Å²) in [5, 5.41) is 3.44. The smallest absolute Gasteiger partial charge is 0.0270 e. The van der Waals surface area contributed by atoms with Gasteiger partial charge in [-0.1, -0.05) is 6.92 Å². The van der Waals surface area contributed by atoms with E-state index in [4.69, 9.17) is 0 Å². The van der Waals surface area contributed by atoms with E-state index in [1.54, 1.807) is 0 Å². The van der Waals surface area contributed by atoms with Crippen molar-refractivity contribution in [2.24, 2.45) is 5.92 Å². The second kappa shape index (κ2) is 4.09. The van der Waals surface area contributed by atoms with Crippen molar-refractivity contribution in [3.8, 4) is 0 Å². The van der Waals surface area contributed by atoms with Gasteiger partial charge in [-0.25, -0.2) is 0 Å². The van der Waals surface area contributed by atoms with E-state index in [9.17, 15) is 0 Å². The molecule has 0 radical (unpaired) electrons. The summed E-state index contributed by atoms with van der Waals surface area (Å²) in [7, 11) is 2.07. The fourth-order valence-electron chi connectivity index (χ4n) is 2.22. The maximum absolute atomic E-state index is 4.05. The van der Waals surface area contributed by atoms with E-state index in [2.05, 4.69) is 36.4 Å². The lowest BCUT2D eigenvalue weighted by molar-refractivity contribution is 0.437. The molecule has 0 aliphatic heterocycles. The van der Waals surface area contributed by atoms with Gasteiger partial charge in [-0.15, -0.1) is 0 Å². The number of hydrogen-bond acceptors (Lipinski definition) is 2. The van der Waals surface area contributed by atoms with Crippen LogP contribution in [0.2, 0.25) is 0 Å². The van der Waals surface area contributed by atoms with Gasteiger partial charge in [-0.05, 0) is 49.4 Å². The molecule has 2 rings (SSSR count). The van der Waals surface area contributed by atoms with Crippen molar-refractivity contribution >= 4 is 0 Å². The molecule has 14 heavy (non-hydrogen) atoms. The SMILES string of the molecule is CNC(C1CC1)C(C)c1ccncc1. The van der Waals surface area contributed by atoms with Crippen LogP contribution in [0.3, 0.4) is 0 Å². The third kappa shape index (κ3) is 1.95. The number of rotatable bonds is 4. The predicted molar refractivity (Wildman–Crippen MR) is 58.2 cm³/mol. The van der Waals surface area contributed by atoms with E-state index in [1.807, 2.05) is 12.4 Å². The number of likely N-dealkylation sites (N-methyl/N-ethyl adjacent to an activating group) is 1. The molecule has 2 unspecified atom stereocenters. The second-order valence-electron chi connectivity index (χ2n) is 4.22. The molecule has 0 amide bonds. The molecule has 0 aromatic carbocycles. The molecule has 1 aliphatic carbocycles. The Kier molecular flexibility index (Phi) is 2.82. The molecule has 76 valence electrons. The van der Waals surface area contributed by atoms with Gasteiger partial charge in [0.05, 0.1) is 0 Å². The minimum Gasteiger partial charge on any atom is -0.316 e. The van der Waals surface area contributed by atoms with Gasteiger partial charge < -0.3 is 5.32 Å². The average Bonchev–Trinajstić information content (AvgIpc) is 3.04. The fraction of sp³-hybridized carbons (Fsp3) is 0.583. The van der Waals surface area contributed by atoms with Crippen molar-refractivity contribution in [1.82, 2.24) is 10.3 Å². The Bertz CT molecular complexity index is 280. The predicted octanol–water partition coefficient (Wildman–Crippen LogP) is 2.18. The third-order valence-electron chi connectivity index (χ3n) is 3.23. The van der Waals surface area contributed by atoms with E-state index in [1.165, 1.54) is 18.4 Å². The van der Waals surface area contributed by atoms with Gasteiger partial charge in [0, 0.05) is 18.4 Å². The Hall–Kier alpha value is -0.890. The van der Waals surface area contributed by atoms with Crippen LogP contribution in [0.5, 0.6) is 0 Å². The van der Waals surface area contributed by atoms with Crippen molar-refractivity contribution in [2.45, 2.75) is 31.7 Å². The number of hydrogen-bond donors (Lipinski definition) is 1. The third-order valence-corrected chi connectivity index (χ3v) is 3.23. The van der Waals surface area contributed by atoms with Crippen molar-refractivity contribution in [3.63, 3.8) is 0 Å². The molecule has 2 heteroatoms. The standard InChI is InChI=1S/C12H18N2/c1-9(10-5-7-14-8-6-10)12(13-2)11-3-4-11/h5-9,11-13H,3-4H2,1-2H3. The van der Waals surface area contributed by atoms with Crippen LogP contribution >= 0.6 is 0 Å². The summed E-state index contributed by atoms with van der Waals surface area (Å²) in [6.45, 7) is 2.30. The Balaban J connectivity index is 2.09. The lowest BCUT2D eigenvalue weighted by atomic mass is 9.91. The van der Waals surface area contributed by atoms with Gasteiger partial charge in [0.25, 0.3) is 0 Å². The van der Waals surface area contributed by atoms with Gasteiger partial charge in [-0.3, -0.25) is 4.98 Å². The zero-order valence-corrected chi connectivity index (χ0v) is 8.90. The largest absolute Gasteiger partial charge is 0.316 e. The van der Waals surface area contributed by atoms with E-state index in [-0.39, 0.29) is 0 Å². The summed E-state index contributed by atoms with van der Waals surface area (Å²) < 4.78 is 0.